The standard InChI is InChI=1S/C19H20N2O3S/c22-18-10-13(11-21(18)12-14-4-3-8-24-14)19(23)20-16-7-9-25-17-6-2-1-5-15(16)17/h1-6,8,13,16H,7,9-12H2,(H,20,23)/t13-,16+/m0/s1. The van der Waals surface area contributed by atoms with E-state index in [9.17, 15) is 9.59 Å². The van der Waals surface area contributed by atoms with E-state index in [-0.39, 0.29) is 30.2 Å². The number of fused-ring (bicyclic) bond motifs is 1. The second-order valence-corrected chi connectivity index (χ2v) is 7.63. The maximum Gasteiger partial charge on any atom is 0.225 e. The van der Waals surface area contributed by atoms with Gasteiger partial charge in [-0.3, -0.25) is 9.59 Å². The van der Waals surface area contributed by atoms with Crippen molar-refractivity contribution in [3.63, 3.8) is 0 Å². The molecular formula is C19H20N2O3S. The fourth-order valence-electron chi connectivity index (χ4n) is 3.47. The monoisotopic (exact) mass is 356 g/mol. The lowest BCUT2D eigenvalue weighted by Gasteiger charge is -2.27. The highest BCUT2D eigenvalue weighted by atomic mass is 32.2. The van der Waals surface area contributed by atoms with Crippen molar-refractivity contribution in [1.82, 2.24) is 10.2 Å². The summed E-state index contributed by atoms with van der Waals surface area (Å²) in [5, 5.41) is 3.16. The summed E-state index contributed by atoms with van der Waals surface area (Å²) >= 11 is 1.83. The van der Waals surface area contributed by atoms with Gasteiger partial charge in [0.15, 0.2) is 0 Å². The molecule has 0 saturated carbocycles. The van der Waals surface area contributed by atoms with E-state index in [1.807, 2.05) is 30.0 Å². The van der Waals surface area contributed by atoms with E-state index >= 15 is 0 Å². The Morgan fingerprint density at radius 2 is 2.16 bits per heavy atom. The van der Waals surface area contributed by atoms with Crippen LogP contribution >= 0.6 is 11.8 Å². The first-order chi connectivity index (χ1) is 12.2. The van der Waals surface area contributed by atoms with Crippen molar-refractivity contribution in [2.45, 2.75) is 30.3 Å². The number of benzene rings is 1. The van der Waals surface area contributed by atoms with Crippen molar-refractivity contribution in [3.8, 4) is 0 Å². The summed E-state index contributed by atoms with van der Waals surface area (Å²) < 4.78 is 5.30. The van der Waals surface area contributed by atoms with Crippen molar-refractivity contribution in [3.05, 3.63) is 54.0 Å². The van der Waals surface area contributed by atoms with Crippen molar-refractivity contribution in [2.75, 3.05) is 12.3 Å². The lowest BCUT2D eigenvalue weighted by Crippen LogP contribution is -2.36. The molecule has 1 N–H and O–H groups in total. The van der Waals surface area contributed by atoms with Gasteiger partial charge in [-0.2, -0.15) is 0 Å². The fourth-order valence-corrected chi connectivity index (χ4v) is 4.60. The molecular weight excluding hydrogens is 336 g/mol. The highest BCUT2D eigenvalue weighted by Gasteiger charge is 2.36. The van der Waals surface area contributed by atoms with Crippen molar-refractivity contribution < 1.29 is 14.0 Å². The van der Waals surface area contributed by atoms with Gasteiger partial charge in [-0.05, 0) is 30.2 Å². The van der Waals surface area contributed by atoms with Crippen LogP contribution in [0.2, 0.25) is 0 Å². The minimum absolute atomic E-state index is 0.0103. The van der Waals surface area contributed by atoms with Gasteiger partial charge in [0.1, 0.15) is 5.76 Å². The van der Waals surface area contributed by atoms with Crippen LogP contribution in [0.15, 0.2) is 52.0 Å². The number of likely N-dealkylation sites (tertiary alicyclic amines) is 1. The molecule has 2 aliphatic heterocycles. The van der Waals surface area contributed by atoms with Crippen molar-refractivity contribution in [1.29, 1.82) is 0 Å². The van der Waals surface area contributed by atoms with E-state index < -0.39 is 0 Å². The molecule has 2 atom stereocenters. The maximum atomic E-state index is 12.7. The molecule has 4 rings (SSSR count). The number of nitrogens with zero attached hydrogens (tertiary/aromatic N) is 1. The molecule has 0 radical (unpaired) electrons. The lowest BCUT2D eigenvalue weighted by molar-refractivity contribution is -0.129. The van der Waals surface area contributed by atoms with Crippen LogP contribution < -0.4 is 5.32 Å². The molecule has 0 bridgehead atoms. The summed E-state index contributed by atoms with van der Waals surface area (Å²) in [6.45, 7) is 0.882. The van der Waals surface area contributed by atoms with Crippen LogP contribution in [0.5, 0.6) is 0 Å². The van der Waals surface area contributed by atoms with E-state index in [0.29, 0.717) is 13.1 Å². The van der Waals surface area contributed by atoms with E-state index in [1.54, 1.807) is 17.2 Å². The van der Waals surface area contributed by atoms with Gasteiger partial charge in [-0.15, -0.1) is 11.8 Å². The zero-order valence-corrected chi connectivity index (χ0v) is 14.6. The van der Waals surface area contributed by atoms with Crippen molar-refractivity contribution >= 4 is 23.6 Å². The van der Waals surface area contributed by atoms with E-state index in [0.717, 1.165) is 17.9 Å². The van der Waals surface area contributed by atoms with E-state index in [4.69, 9.17) is 4.42 Å². The Balaban J connectivity index is 1.40. The highest BCUT2D eigenvalue weighted by molar-refractivity contribution is 7.99. The Morgan fingerprint density at radius 3 is 3.00 bits per heavy atom. The largest absolute Gasteiger partial charge is 0.467 e. The first kappa shape index (κ1) is 16.3. The molecule has 25 heavy (non-hydrogen) atoms. The number of hydrogen-bond donors (Lipinski definition) is 1. The van der Waals surface area contributed by atoms with Gasteiger partial charge in [0.05, 0.1) is 24.8 Å². The van der Waals surface area contributed by atoms with Gasteiger partial charge in [0, 0.05) is 23.6 Å². The summed E-state index contributed by atoms with van der Waals surface area (Å²) in [5.41, 5.74) is 1.18. The minimum Gasteiger partial charge on any atom is -0.467 e. The molecule has 2 amide bonds. The summed E-state index contributed by atoms with van der Waals surface area (Å²) in [5.74, 6) is 1.44. The molecule has 0 aliphatic carbocycles. The van der Waals surface area contributed by atoms with Gasteiger partial charge in [0.2, 0.25) is 11.8 Å². The molecule has 1 fully saturated rings. The number of carbonyl (C=O) groups excluding carboxylic acids is 2. The van der Waals surface area contributed by atoms with Crippen LogP contribution in [0.3, 0.4) is 0 Å². The molecule has 0 spiro atoms. The third-order valence-electron chi connectivity index (χ3n) is 4.79. The quantitative estimate of drug-likeness (QED) is 0.915. The molecule has 1 aromatic heterocycles. The topological polar surface area (TPSA) is 62.6 Å². The molecule has 2 aromatic rings. The Labute approximate surface area is 150 Å². The normalized spacial score (nSPS) is 22.7. The Hall–Kier alpha value is -2.21. The molecule has 1 saturated heterocycles. The first-order valence-electron chi connectivity index (χ1n) is 8.53. The molecule has 6 heteroatoms. The summed E-state index contributed by atoms with van der Waals surface area (Å²) in [6.07, 6.45) is 2.79. The average Bonchev–Trinajstić information content (AvgIpc) is 3.26. The van der Waals surface area contributed by atoms with Crippen LogP contribution in [-0.2, 0) is 16.1 Å². The molecule has 130 valence electrons. The zero-order chi connectivity index (χ0) is 17.2. The highest BCUT2D eigenvalue weighted by Crippen LogP contribution is 2.36. The first-order valence-corrected chi connectivity index (χ1v) is 9.51. The molecule has 0 unspecified atom stereocenters. The van der Waals surface area contributed by atoms with Crippen LogP contribution in [0.4, 0.5) is 0 Å². The number of hydrogen-bond acceptors (Lipinski definition) is 4. The van der Waals surface area contributed by atoms with Gasteiger partial charge < -0.3 is 14.6 Å². The third-order valence-corrected chi connectivity index (χ3v) is 5.91. The van der Waals surface area contributed by atoms with Crippen LogP contribution in [-0.4, -0.2) is 29.0 Å². The number of rotatable bonds is 4. The third kappa shape index (κ3) is 3.44. The average molecular weight is 356 g/mol. The molecule has 2 aliphatic rings. The number of amides is 2. The maximum absolute atomic E-state index is 12.7. The minimum atomic E-state index is -0.288. The van der Waals surface area contributed by atoms with Gasteiger partial charge in [0.25, 0.3) is 0 Å². The SMILES string of the molecule is O=C(N[C@@H]1CCSc2ccccc21)[C@H]1CC(=O)N(Cc2ccco2)C1. The lowest BCUT2D eigenvalue weighted by atomic mass is 10.0. The Kier molecular flexibility index (Phi) is 4.53. The predicted molar refractivity (Wildman–Crippen MR) is 94.9 cm³/mol. The second kappa shape index (κ2) is 6.96. The second-order valence-electron chi connectivity index (χ2n) is 6.49. The molecule has 3 heterocycles. The van der Waals surface area contributed by atoms with E-state index in [1.165, 1.54) is 10.5 Å². The van der Waals surface area contributed by atoms with E-state index in [2.05, 4.69) is 17.4 Å². The summed E-state index contributed by atoms with van der Waals surface area (Å²) in [6, 6.07) is 11.9. The number of thioether (sulfide) groups is 1. The van der Waals surface area contributed by atoms with Crippen LogP contribution in [0.25, 0.3) is 0 Å². The van der Waals surface area contributed by atoms with Crippen LogP contribution in [0, 0.1) is 5.92 Å². The Bertz CT molecular complexity index is 775. The zero-order valence-electron chi connectivity index (χ0n) is 13.8. The summed E-state index contributed by atoms with van der Waals surface area (Å²) in [4.78, 5) is 27.8. The number of nitrogens with one attached hydrogen (secondary N) is 1. The van der Waals surface area contributed by atoms with Gasteiger partial charge >= 0.3 is 0 Å². The fraction of sp³-hybridized carbons (Fsp3) is 0.368. The predicted octanol–water partition coefficient (Wildman–Crippen LogP) is 2.98. The summed E-state index contributed by atoms with van der Waals surface area (Å²) in [7, 11) is 0. The Morgan fingerprint density at radius 1 is 1.28 bits per heavy atom. The van der Waals surface area contributed by atoms with Crippen molar-refractivity contribution in [2.24, 2.45) is 5.92 Å². The van der Waals surface area contributed by atoms with Gasteiger partial charge in [-0.1, -0.05) is 18.2 Å². The number of furan rings is 1. The smallest absolute Gasteiger partial charge is 0.225 e. The molecule has 1 aromatic carbocycles. The van der Waals surface area contributed by atoms with Gasteiger partial charge in [-0.25, -0.2) is 0 Å². The van der Waals surface area contributed by atoms with Crippen LogP contribution in [0.1, 0.15) is 30.2 Å². The molecule has 5 nitrogen and oxygen atoms in total. The number of carbonyl (C=O) groups is 2.